The summed E-state index contributed by atoms with van der Waals surface area (Å²) in [4.78, 5) is 64.7. The zero-order chi connectivity index (χ0) is 79.6. The molecule has 106 heavy (non-hydrogen) atoms. The second-order valence-electron chi connectivity index (χ2n) is 31.2. The summed E-state index contributed by atoms with van der Waals surface area (Å²) >= 11 is 12.0. The molecule has 5 fully saturated rings. The molecule has 10 rings (SSSR count). The minimum absolute atomic E-state index is 0.0577. The third-order valence-corrected chi connectivity index (χ3v) is 28.6. The zero-order valence-corrected chi connectivity index (χ0v) is 72.3. The van der Waals surface area contributed by atoms with Crippen LogP contribution >= 0.6 is 84.6 Å². The van der Waals surface area contributed by atoms with Crippen LogP contribution in [0.15, 0.2) is 123 Å². The topological polar surface area (TPSA) is 318 Å². The van der Waals surface area contributed by atoms with Crippen LogP contribution in [0.3, 0.4) is 0 Å². The van der Waals surface area contributed by atoms with Crippen LogP contribution in [0.5, 0.6) is 0 Å². The molecule has 0 aromatic carbocycles. The van der Waals surface area contributed by atoms with Crippen molar-refractivity contribution in [2.24, 2.45) is 5.92 Å². The predicted octanol–water partition coefficient (Wildman–Crippen LogP) is 5.77. The van der Waals surface area contributed by atoms with Crippen molar-refractivity contribution in [3.63, 3.8) is 0 Å². The fraction of sp³-hybridized carbons (Fsp3) is 0.583. The molecule has 0 unspecified atom stereocenters. The van der Waals surface area contributed by atoms with E-state index < -0.39 is 88.9 Å². The van der Waals surface area contributed by atoms with Crippen LogP contribution in [0.2, 0.25) is 0 Å². The zero-order valence-electron chi connectivity index (χ0n) is 63.3. The van der Waals surface area contributed by atoms with Crippen LogP contribution in [-0.2, 0) is 52.4 Å². The SMILES string of the molecule is C=C1NC(=O)C=CN1[C@@H]1O[C@H](CCP(=C)(C)C)[C@@H](O)[C@H]1Br.C=C1NC(=O)C=CN1[C@@H]1O[C@H](CCP(=C)(C)C)[C@@H](O)[C@H]1C.C=C1NC(=O)C=CN1[C@@H]1O[C@H](CCP(=C)(C)C)[C@@H](O)[C@H]1Cl.C=C1NC(=O)C=CN1[C@@H]1O[C@H](CCP(=C)(C)C)[C@@H](O)[C@H]1I.C=C1NC(=O)C=CN1[C@@H]1O[C@H](CCP(=C)(C)C)[C@@H](O)[C@H]1OC. The Morgan fingerprint density at radius 3 is 1.02 bits per heavy atom. The number of ether oxygens (including phenoxy) is 6. The third-order valence-electron chi connectivity index (χ3n) is 18.4. The first-order valence-electron chi connectivity index (χ1n) is 34.8. The van der Waals surface area contributed by atoms with Gasteiger partial charge in [-0.1, -0.05) is 78.3 Å². The summed E-state index contributed by atoms with van der Waals surface area (Å²) in [6.07, 6.45) is 37.8. The molecule has 596 valence electrons. The maximum atomic E-state index is 11.3. The maximum Gasteiger partial charge on any atom is 0.250 e. The number of alkyl halides is 3. The van der Waals surface area contributed by atoms with Gasteiger partial charge in [-0.05, 0) is 130 Å². The Hall–Kier alpha value is -3.69. The van der Waals surface area contributed by atoms with Crippen molar-refractivity contribution in [3.05, 3.63) is 123 Å². The van der Waals surface area contributed by atoms with E-state index in [2.05, 4.69) is 196 Å². The molecular formula is C72H116BrClIN10O16P5. The number of carbonyl (C=O) groups excluding carboxylic acids is 5. The highest BCUT2D eigenvalue weighted by atomic mass is 127. The number of methoxy groups -OCH3 is 1. The van der Waals surface area contributed by atoms with Crippen molar-refractivity contribution in [1.82, 2.24) is 51.1 Å². The number of amides is 5. The highest BCUT2D eigenvalue weighted by molar-refractivity contribution is 14.1. The molecule has 5 saturated heterocycles. The van der Waals surface area contributed by atoms with E-state index in [1.165, 1.54) is 30.4 Å². The van der Waals surface area contributed by atoms with Crippen LogP contribution in [0, 0.1) is 5.92 Å². The van der Waals surface area contributed by atoms with Crippen molar-refractivity contribution in [1.29, 1.82) is 0 Å². The molecule has 10 heterocycles. The van der Waals surface area contributed by atoms with Crippen molar-refractivity contribution in [3.8, 4) is 0 Å². The van der Waals surface area contributed by atoms with Gasteiger partial charge in [0.15, 0.2) is 18.7 Å². The lowest BCUT2D eigenvalue weighted by Gasteiger charge is -2.33. The molecule has 0 saturated carbocycles. The number of aliphatic hydroxyl groups is 5. The van der Waals surface area contributed by atoms with Gasteiger partial charge < -0.3 is 105 Å². The van der Waals surface area contributed by atoms with Gasteiger partial charge in [-0.3, -0.25) is 24.0 Å². The Morgan fingerprint density at radius 2 is 0.679 bits per heavy atom. The van der Waals surface area contributed by atoms with Crippen molar-refractivity contribution >= 4 is 146 Å². The van der Waals surface area contributed by atoms with Gasteiger partial charge in [-0.15, -0.1) is 77.5 Å². The lowest BCUT2D eigenvalue weighted by molar-refractivity contribution is -0.119. The summed E-state index contributed by atoms with van der Waals surface area (Å²) in [5.74, 6) is 1.11. The van der Waals surface area contributed by atoms with Crippen LogP contribution in [0.1, 0.15) is 39.0 Å². The molecule has 0 bridgehead atoms. The average molecular weight is 1770 g/mol. The quantitative estimate of drug-likeness (QED) is 0.0371. The molecule has 34 heteroatoms. The second kappa shape index (κ2) is 38.7. The van der Waals surface area contributed by atoms with Gasteiger partial charge in [0, 0.05) is 74.4 Å². The van der Waals surface area contributed by atoms with E-state index in [1.807, 2.05) is 6.92 Å². The van der Waals surface area contributed by atoms with E-state index in [0.717, 1.165) is 62.9 Å². The predicted molar refractivity (Wildman–Crippen MR) is 452 cm³/mol. The number of nitrogens with zero attached hydrogens (tertiary/aromatic N) is 5. The number of halogens is 3. The lowest BCUT2D eigenvalue weighted by atomic mass is 10.00. The molecule has 10 aliphatic rings. The first-order chi connectivity index (χ1) is 49.0. The molecule has 0 aromatic rings. The molecule has 0 spiro atoms. The van der Waals surface area contributed by atoms with Gasteiger partial charge in [-0.2, -0.15) is 0 Å². The average Bonchev–Trinajstić information content (AvgIpc) is 1.68. The van der Waals surface area contributed by atoms with E-state index in [-0.39, 0.29) is 93.4 Å². The standard InChI is InChI=1S/C15H25N2O4P.C15H25N2O3P.C14H22BrN2O3P.C14H22ClN2O3P.C14H22IN2O3P/c1-10-16-12(18)6-8-17(10)15-14(20-2)13(19)11(21-15)7-9-22(3,4)5;1-10-14(19)12(7-9-21(3,4)5)20-15(10)17-8-6-13(18)16-11(17)2;3*1-9-16-11(18)5-7-17(9)14-12(15)13(19)10(20-14)6-8-21(2,3)4/h6,8,11,13-15,19H,1,3,7,9H2,2,4-5H3,(H,16,18);6,8,10,12,14-15,19H,2-3,7,9H2,1,4-5H3,(H,16,18);3*5,7,10,12-14,19H,1-2,6,8H2,3-4H3,(H,16,18)/t11-,13-,14-,15-;10-,12-,14+,15-;3*10-,12-,13-,14-/m11111/s1. The molecule has 5 amide bonds. The number of aliphatic hydroxyl groups excluding tert-OH is 5. The number of hydrogen-bond donors (Lipinski definition) is 10. The minimum atomic E-state index is -1.18. The molecule has 10 aliphatic heterocycles. The van der Waals surface area contributed by atoms with E-state index >= 15 is 0 Å². The Bertz CT molecular complexity index is 3300. The van der Waals surface area contributed by atoms with Gasteiger partial charge in [0.1, 0.15) is 65.2 Å². The summed E-state index contributed by atoms with van der Waals surface area (Å²) in [7, 11) is 1.54. The first-order valence-corrected chi connectivity index (χ1v) is 52.7. The molecule has 0 aliphatic carbocycles. The maximum absolute atomic E-state index is 11.3. The summed E-state index contributed by atoms with van der Waals surface area (Å²) in [6.45, 7) is 36.9. The fourth-order valence-electron chi connectivity index (χ4n) is 12.4. The fourth-order valence-corrected chi connectivity index (χ4v) is 19.2. The van der Waals surface area contributed by atoms with Crippen molar-refractivity contribution in [2.75, 3.05) is 105 Å². The Labute approximate surface area is 655 Å². The number of rotatable bonds is 21. The monoisotopic (exact) mass is 1770 g/mol. The Kier molecular flexibility index (Phi) is 33.3. The summed E-state index contributed by atoms with van der Waals surface area (Å²) < 4.78 is 35.3. The van der Waals surface area contributed by atoms with Gasteiger partial charge in [0.25, 0.3) is 29.5 Å². The molecule has 0 aromatic heterocycles. The van der Waals surface area contributed by atoms with Crippen molar-refractivity contribution in [2.45, 2.75) is 151 Å². The van der Waals surface area contributed by atoms with E-state index in [1.54, 1.807) is 62.6 Å². The molecular weight excluding hydrogens is 1660 g/mol. The van der Waals surface area contributed by atoms with E-state index in [9.17, 15) is 49.5 Å². The summed E-state index contributed by atoms with van der Waals surface area (Å²) in [5.41, 5.74) is 0. The minimum Gasteiger partial charge on any atom is -0.390 e. The number of carbonyl (C=O) groups is 5. The van der Waals surface area contributed by atoms with Crippen molar-refractivity contribution < 1.29 is 77.9 Å². The summed E-state index contributed by atoms with van der Waals surface area (Å²) in [6, 6.07) is 0. The first kappa shape index (κ1) is 91.2. The lowest BCUT2D eigenvalue weighted by Crippen LogP contribution is -2.47. The largest absolute Gasteiger partial charge is 0.390 e. The van der Waals surface area contributed by atoms with Crippen LogP contribution in [0.25, 0.3) is 0 Å². The van der Waals surface area contributed by atoms with Gasteiger partial charge in [0.2, 0.25) is 0 Å². The van der Waals surface area contributed by atoms with Gasteiger partial charge in [-0.25, -0.2) is 0 Å². The van der Waals surface area contributed by atoms with Gasteiger partial charge in [0.05, 0.1) is 57.6 Å². The van der Waals surface area contributed by atoms with E-state index in [0.29, 0.717) is 29.1 Å². The summed E-state index contributed by atoms with van der Waals surface area (Å²) in [5, 5.41) is 64.4. The highest BCUT2D eigenvalue weighted by Crippen LogP contribution is 2.45. The third kappa shape index (κ3) is 26.5. The second-order valence-corrected chi connectivity index (χ2v) is 55.8. The highest BCUT2D eigenvalue weighted by Gasteiger charge is 2.51. The van der Waals surface area contributed by atoms with Crippen LogP contribution in [-0.4, -0.2) is 328 Å². The normalized spacial score (nSPS) is 33.2. The smallest absolute Gasteiger partial charge is 0.250 e. The number of nitrogens with one attached hydrogen (secondary N) is 5. The van der Waals surface area contributed by atoms with Crippen LogP contribution in [0.4, 0.5) is 0 Å². The Morgan fingerprint density at radius 1 is 0.425 bits per heavy atom. The van der Waals surface area contributed by atoms with Crippen LogP contribution < -0.4 is 26.6 Å². The molecule has 10 N–H and O–H groups in total. The molecule has 26 nitrogen and oxygen atoms in total. The molecule has 20 atom stereocenters. The van der Waals surface area contributed by atoms with Gasteiger partial charge >= 0.3 is 0 Å². The van der Waals surface area contributed by atoms with E-state index in [4.69, 9.17) is 40.0 Å². The molecule has 0 radical (unpaired) electrons. The number of hydrogen-bond acceptors (Lipinski definition) is 21. The Balaban J connectivity index is 0.000000208.